The number of nitrogens with one attached hydrogen (secondary N) is 2. The van der Waals surface area contributed by atoms with Crippen LogP contribution in [-0.2, 0) is 13.1 Å². The van der Waals surface area contributed by atoms with Gasteiger partial charge in [0, 0.05) is 27.2 Å². The number of hydrogen-bond donors (Lipinski definition) is 2. The second-order valence-corrected chi connectivity index (χ2v) is 6.08. The Morgan fingerprint density at radius 3 is 2.58 bits per heavy atom. The summed E-state index contributed by atoms with van der Waals surface area (Å²) in [6, 6.07) is 13.1. The average Bonchev–Trinajstić information content (AvgIpc) is 2.64. The van der Waals surface area contributed by atoms with Gasteiger partial charge in [-0.05, 0) is 42.3 Å². The molecule has 5 nitrogen and oxygen atoms in total. The second-order valence-electron chi connectivity index (χ2n) is 6.08. The van der Waals surface area contributed by atoms with Crippen molar-refractivity contribution >= 4 is 11.6 Å². The van der Waals surface area contributed by atoms with Crippen LogP contribution in [0.3, 0.4) is 0 Å². The van der Waals surface area contributed by atoms with E-state index < -0.39 is 0 Å². The van der Waals surface area contributed by atoms with Crippen LogP contribution in [0.4, 0.5) is 10.1 Å². The lowest BCUT2D eigenvalue weighted by atomic mass is 10.2. The lowest BCUT2D eigenvalue weighted by Crippen LogP contribution is -2.36. The third kappa shape index (κ3) is 5.65. The highest BCUT2D eigenvalue weighted by Crippen LogP contribution is 2.18. The van der Waals surface area contributed by atoms with Crippen molar-refractivity contribution in [1.82, 2.24) is 10.6 Å². The number of halogens is 1. The van der Waals surface area contributed by atoms with Gasteiger partial charge in [-0.1, -0.05) is 18.2 Å². The summed E-state index contributed by atoms with van der Waals surface area (Å²) >= 11 is 0. The van der Waals surface area contributed by atoms with Crippen molar-refractivity contribution in [3.8, 4) is 5.75 Å². The first-order valence-corrected chi connectivity index (χ1v) is 8.64. The number of anilines is 1. The topological polar surface area (TPSA) is 48.9 Å². The van der Waals surface area contributed by atoms with Gasteiger partial charge >= 0.3 is 0 Å². The van der Waals surface area contributed by atoms with Crippen LogP contribution in [0, 0.1) is 5.82 Å². The zero-order valence-corrected chi connectivity index (χ0v) is 15.8. The monoisotopic (exact) mass is 358 g/mol. The first-order valence-electron chi connectivity index (χ1n) is 8.64. The fourth-order valence-electron chi connectivity index (χ4n) is 2.49. The fraction of sp³-hybridized carbons (Fsp3) is 0.350. The predicted molar refractivity (Wildman–Crippen MR) is 105 cm³/mol. The summed E-state index contributed by atoms with van der Waals surface area (Å²) in [5.74, 6) is 1.27. The van der Waals surface area contributed by atoms with Gasteiger partial charge in [0.25, 0.3) is 0 Å². The SMILES string of the molecule is CCNC(=NCc1cccc(OC)c1)NCc1ccc(N(C)C)c(F)c1. The molecule has 2 rings (SSSR count). The third-order valence-electron chi connectivity index (χ3n) is 3.85. The van der Waals surface area contributed by atoms with Crippen LogP contribution in [0.2, 0.25) is 0 Å². The molecule has 0 aliphatic carbocycles. The van der Waals surface area contributed by atoms with E-state index >= 15 is 0 Å². The van der Waals surface area contributed by atoms with Gasteiger partial charge in [0.2, 0.25) is 0 Å². The number of benzene rings is 2. The molecule has 0 amide bonds. The molecule has 6 heteroatoms. The first-order chi connectivity index (χ1) is 12.5. The first kappa shape index (κ1) is 19.6. The Kier molecular flexibility index (Phi) is 7.26. The highest BCUT2D eigenvalue weighted by molar-refractivity contribution is 5.79. The standard InChI is InChI=1S/C20H27FN4O/c1-5-22-20(23-13-15-7-6-8-17(11-15)26-4)24-14-16-9-10-19(25(2)3)18(21)12-16/h6-12H,5,13-14H2,1-4H3,(H2,22,23,24). The number of ether oxygens (including phenoxy) is 1. The third-order valence-corrected chi connectivity index (χ3v) is 3.85. The van der Waals surface area contributed by atoms with Crippen LogP contribution in [0.25, 0.3) is 0 Å². The zero-order chi connectivity index (χ0) is 18.9. The molecule has 0 spiro atoms. The molecule has 26 heavy (non-hydrogen) atoms. The van der Waals surface area contributed by atoms with Crippen LogP contribution in [0.1, 0.15) is 18.1 Å². The molecule has 0 aliphatic heterocycles. The molecule has 140 valence electrons. The van der Waals surface area contributed by atoms with E-state index in [9.17, 15) is 4.39 Å². The molecule has 0 aliphatic rings. The summed E-state index contributed by atoms with van der Waals surface area (Å²) in [5, 5.41) is 6.44. The van der Waals surface area contributed by atoms with Crippen molar-refractivity contribution in [3.63, 3.8) is 0 Å². The van der Waals surface area contributed by atoms with Gasteiger partial charge in [0.05, 0.1) is 19.3 Å². The lowest BCUT2D eigenvalue weighted by molar-refractivity contribution is 0.414. The number of guanidine groups is 1. The maximum absolute atomic E-state index is 14.1. The van der Waals surface area contributed by atoms with E-state index in [0.717, 1.165) is 23.4 Å². The van der Waals surface area contributed by atoms with E-state index in [1.807, 2.05) is 51.4 Å². The Hall–Kier alpha value is -2.76. The molecule has 2 aromatic carbocycles. The van der Waals surface area contributed by atoms with Crippen molar-refractivity contribution in [2.45, 2.75) is 20.0 Å². The normalized spacial score (nSPS) is 11.2. The molecular weight excluding hydrogens is 331 g/mol. The maximum Gasteiger partial charge on any atom is 0.191 e. The molecule has 0 aromatic heterocycles. The summed E-state index contributed by atoms with van der Waals surface area (Å²) in [7, 11) is 5.30. The molecule has 0 radical (unpaired) electrons. The van der Waals surface area contributed by atoms with Crippen molar-refractivity contribution < 1.29 is 9.13 Å². The van der Waals surface area contributed by atoms with Crippen molar-refractivity contribution in [3.05, 3.63) is 59.4 Å². The van der Waals surface area contributed by atoms with Crippen LogP contribution in [0.15, 0.2) is 47.5 Å². The van der Waals surface area contributed by atoms with Gasteiger partial charge < -0.3 is 20.3 Å². The molecule has 0 saturated carbocycles. The Bertz CT molecular complexity index is 746. The highest BCUT2D eigenvalue weighted by Gasteiger charge is 2.06. The highest BCUT2D eigenvalue weighted by atomic mass is 19.1. The van der Waals surface area contributed by atoms with Crippen molar-refractivity contribution in [1.29, 1.82) is 0 Å². The van der Waals surface area contributed by atoms with Crippen molar-refractivity contribution in [2.24, 2.45) is 4.99 Å². The molecule has 0 saturated heterocycles. The second kappa shape index (κ2) is 9.65. The van der Waals surface area contributed by atoms with Crippen LogP contribution >= 0.6 is 0 Å². The Morgan fingerprint density at radius 2 is 1.92 bits per heavy atom. The van der Waals surface area contributed by atoms with Gasteiger partial charge in [-0.3, -0.25) is 0 Å². The maximum atomic E-state index is 14.1. The molecule has 2 aromatic rings. The summed E-state index contributed by atoms with van der Waals surface area (Å²) in [6.07, 6.45) is 0. The van der Waals surface area contributed by atoms with Gasteiger partial charge in [-0.25, -0.2) is 9.38 Å². The van der Waals surface area contributed by atoms with Gasteiger partial charge in [-0.2, -0.15) is 0 Å². The molecule has 0 atom stereocenters. The Labute approximate surface area is 154 Å². The zero-order valence-electron chi connectivity index (χ0n) is 15.8. The predicted octanol–water partition coefficient (Wildman–Crippen LogP) is 3.16. The van der Waals surface area contributed by atoms with Crippen LogP contribution in [0.5, 0.6) is 5.75 Å². The summed E-state index contributed by atoms with van der Waals surface area (Å²) < 4.78 is 19.3. The molecule has 2 N–H and O–H groups in total. The Balaban J connectivity index is 2.02. The van der Waals surface area contributed by atoms with Gasteiger partial charge in [0.15, 0.2) is 5.96 Å². The molecular formula is C20H27FN4O. The van der Waals surface area contributed by atoms with E-state index in [2.05, 4.69) is 15.6 Å². The molecule has 0 unspecified atom stereocenters. The molecule has 0 fully saturated rings. The fourth-order valence-corrected chi connectivity index (χ4v) is 2.49. The number of nitrogens with zero attached hydrogens (tertiary/aromatic N) is 2. The summed E-state index contributed by atoms with van der Waals surface area (Å²) in [4.78, 5) is 6.34. The van der Waals surface area contributed by atoms with Crippen molar-refractivity contribution in [2.75, 3.05) is 32.6 Å². The molecule has 0 heterocycles. The summed E-state index contributed by atoms with van der Waals surface area (Å²) in [6.45, 7) is 3.78. The number of methoxy groups -OCH3 is 1. The summed E-state index contributed by atoms with van der Waals surface area (Å²) in [5.41, 5.74) is 2.50. The van der Waals surface area contributed by atoms with Gasteiger partial charge in [-0.15, -0.1) is 0 Å². The van der Waals surface area contributed by atoms with E-state index in [0.29, 0.717) is 24.7 Å². The van der Waals surface area contributed by atoms with E-state index in [1.165, 1.54) is 0 Å². The smallest absolute Gasteiger partial charge is 0.191 e. The largest absolute Gasteiger partial charge is 0.497 e. The van der Waals surface area contributed by atoms with E-state index in [-0.39, 0.29) is 5.82 Å². The lowest BCUT2D eigenvalue weighted by Gasteiger charge is -2.15. The van der Waals surface area contributed by atoms with Gasteiger partial charge in [0.1, 0.15) is 11.6 Å². The minimum absolute atomic E-state index is 0.229. The number of hydrogen-bond acceptors (Lipinski definition) is 3. The minimum atomic E-state index is -0.229. The quantitative estimate of drug-likeness (QED) is 0.590. The minimum Gasteiger partial charge on any atom is -0.497 e. The average molecular weight is 358 g/mol. The van der Waals surface area contributed by atoms with E-state index in [4.69, 9.17) is 4.74 Å². The van der Waals surface area contributed by atoms with Crippen LogP contribution < -0.4 is 20.3 Å². The van der Waals surface area contributed by atoms with E-state index in [1.54, 1.807) is 24.1 Å². The number of rotatable bonds is 7. The van der Waals surface area contributed by atoms with Crippen LogP contribution in [-0.4, -0.2) is 33.7 Å². The number of aliphatic imine (C=N–C) groups is 1. The molecule has 0 bridgehead atoms. The Morgan fingerprint density at radius 1 is 1.12 bits per heavy atom.